The van der Waals surface area contributed by atoms with Crippen molar-refractivity contribution in [3.05, 3.63) is 23.4 Å². The molecule has 0 aliphatic heterocycles. The van der Waals surface area contributed by atoms with E-state index in [4.69, 9.17) is 15.7 Å². The average molecular weight is 177 g/mol. The zero-order chi connectivity index (χ0) is 9.68. The highest BCUT2D eigenvalue weighted by Gasteiger charge is 2.03. The molecular weight excluding hydrogens is 166 g/mol. The smallest absolute Gasteiger partial charge is 0.231 e. The van der Waals surface area contributed by atoms with Crippen LogP contribution in [0.1, 0.15) is 11.3 Å². The van der Waals surface area contributed by atoms with Crippen LogP contribution in [0.4, 0.5) is 0 Å². The van der Waals surface area contributed by atoms with Gasteiger partial charge < -0.3 is 10.5 Å². The fourth-order valence-corrected chi connectivity index (χ4v) is 0.884. The molecule has 0 aliphatic rings. The lowest BCUT2D eigenvalue weighted by molar-refractivity contribution is 0.314. The Morgan fingerprint density at radius 2 is 2.38 bits per heavy atom. The Balaban J connectivity index is 2.89. The predicted octanol–water partition coefficient (Wildman–Crippen LogP) is 0.599. The monoisotopic (exact) mass is 177 g/mol. The van der Waals surface area contributed by atoms with Crippen LogP contribution in [-0.4, -0.2) is 18.1 Å². The molecule has 0 spiro atoms. The summed E-state index contributed by atoms with van der Waals surface area (Å²) in [6.07, 6.45) is 0. The van der Waals surface area contributed by atoms with E-state index in [-0.39, 0.29) is 0 Å². The SMILES string of the molecule is Cc1ccc(C#N)c(OCCN)n1. The Morgan fingerprint density at radius 1 is 1.62 bits per heavy atom. The van der Waals surface area contributed by atoms with Crippen LogP contribution < -0.4 is 10.5 Å². The topological polar surface area (TPSA) is 71.9 Å². The van der Waals surface area contributed by atoms with Gasteiger partial charge in [-0.25, -0.2) is 4.98 Å². The van der Waals surface area contributed by atoms with Crippen LogP contribution in [0.15, 0.2) is 12.1 Å². The van der Waals surface area contributed by atoms with Crippen molar-refractivity contribution >= 4 is 0 Å². The largest absolute Gasteiger partial charge is 0.475 e. The Hall–Kier alpha value is -1.60. The molecule has 1 rings (SSSR count). The summed E-state index contributed by atoms with van der Waals surface area (Å²) < 4.78 is 5.20. The standard InChI is InChI=1S/C9H11N3O/c1-7-2-3-8(6-11)9(12-7)13-5-4-10/h2-3H,4-5,10H2,1H3. The van der Waals surface area contributed by atoms with Crippen molar-refractivity contribution < 1.29 is 4.74 Å². The lowest BCUT2D eigenvalue weighted by Gasteiger charge is -2.05. The first-order valence-corrected chi connectivity index (χ1v) is 3.98. The molecule has 0 atom stereocenters. The zero-order valence-electron chi connectivity index (χ0n) is 7.45. The molecule has 0 radical (unpaired) electrons. The maximum Gasteiger partial charge on any atom is 0.231 e. The van der Waals surface area contributed by atoms with Crippen LogP contribution in [-0.2, 0) is 0 Å². The summed E-state index contributed by atoms with van der Waals surface area (Å²) >= 11 is 0. The lowest BCUT2D eigenvalue weighted by atomic mass is 10.2. The summed E-state index contributed by atoms with van der Waals surface area (Å²) in [5.41, 5.74) is 6.54. The van der Waals surface area contributed by atoms with E-state index in [1.807, 2.05) is 13.0 Å². The molecule has 0 aromatic carbocycles. The van der Waals surface area contributed by atoms with Gasteiger partial charge in [0.1, 0.15) is 18.2 Å². The highest BCUT2D eigenvalue weighted by atomic mass is 16.5. The third-order valence-electron chi connectivity index (χ3n) is 1.48. The Bertz CT molecular complexity index is 330. The van der Waals surface area contributed by atoms with Gasteiger partial charge in [-0.15, -0.1) is 0 Å². The number of hydrogen-bond acceptors (Lipinski definition) is 4. The van der Waals surface area contributed by atoms with E-state index in [0.717, 1.165) is 5.69 Å². The average Bonchev–Trinajstić information content (AvgIpc) is 2.15. The van der Waals surface area contributed by atoms with Crippen molar-refractivity contribution in [2.45, 2.75) is 6.92 Å². The van der Waals surface area contributed by atoms with E-state index in [1.54, 1.807) is 12.1 Å². The number of ether oxygens (including phenoxy) is 1. The number of rotatable bonds is 3. The van der Waals surface area contributed by atoms with Crippen LogP contribution in [0.5, 0.6) is 5.88 Å². The van der Waals surface area contributed by atoms with Crippen molar-refractivity contribution in [1.29, 1.82) is 5.26 Å². The molecule has 68 valence electrons. The van der Waals surface area contributed by atoms with Gasteiger partial charge in [-0.2, -0.15) is 5.26 Å². The van der Waals surface area contributed by atoms with Crippen LogP contribution in [0, 0.1) is 18.3 Å². The molecule has 0 amide bonds. The second-order valence-electron chi connectivity index (χ2n) is 2.55. The van der Waals surface area contributed by atoms with Crippen molar-refractivity contribution in [1.82, 2.24) is 4.98 Å². The number of pyridine rings is 1. The highest BCUT2D eigenvalue weighted by molar-refractivity contribution is 5.38. The summed E-state index contributed by atoms with van der Waals surface area (Å²) in [4.78, 5) is 4.08. The van der Waals surface area contributed by atoms with Gasteiger partial charge >= 0.3 is 0 Å². The second kappa shape index (κ2) is 4.43. The van der Waals surface area contributed by atoms with Crippen molar-refractivity contribution in [3.8, 4) is 11.9 Å². The van der Waals surface area contributed by atoms with E-state index < -0.39 is 0 Å². The van der Waals surface area contributed by atoms with Gasteiger partial charge in [0.2, 0.25) is 5.88 Å². The first-order chi connectivity index (χ1) is 6.27. The van der Waals surface area contributed by atoms with Crippen LogP contribution in [0.2, 0.25) is 0 Å². The van der Waals surface area contributed by atoms with Gasteiger partial charge in [-0.3, -0.25) is 0 Å². The molecule has 0 saturated carbocycles. The van der Waals surface area contributed by atoms with Crippen molar-refractivity contribution in [3.63, 3.8) is 0 Å². The van der Waals surface area contributed by atoms with Crippen molar-refractivity contribution in [2.75, 3.05) is 13.2 Å². The molecule has 0 aliphatic carbocycles. The molecular formula is C9H11N3O. The van der Waals surface area contributed by atoms with Gasteiger partial charge in [-0.05, 0) is 19.1 Å². The summed E-state index contributed by atoms with van der Waals surface area (Å²) in [5.74, 6) is 0.368. The highest BCUT2D eigenvalue weighted by Crippen LogP contribution is 2.14. The molecule has 2 N–H and O–H groups in total. The van der Waals surface area contributed by atoms with Gasteiger partial charge in [0.15, 0.2) is 0 Å². The normalized spacial score (nSPS) is 9.31. The Kier molecular flexibility index (Phi) is 3.23. The molecule has 4 nitrogen and oxygen atoms in total. The van der Waals surface area contributed by atoms with Crippen LogP contribution >= 0.6 is 0 Å². The maximum absolute atomic E-state index is 8.71. The molecule has 1 aromatic rings. The molecule has 1 heterocycles. The van der Waals surface area contributed by atoms with E-state index in [1.165, 1.54) is 0 Å². The van der Waals surface area contributed by atoms with Gasteiger partial charge in [0.05, 0.1) is 0 Å². The Labute approximate surface area is 77.0 Å². The van der Waals surface area contributed by atoms with E-state index in [9.17, 15) is 0 Å². The fourth-order valence-electron chi connectivity index (χ4n) is 0.884. The predicted molar refractivity (Wildman–Crippen MR) is 48.2 cm³/mol. The fraction of sp³-hybridized carbons (Fsp3) is 0.333. The van der Waals surface area contributed by atoms with E-state index in [2.05, 4.69) is 4.98 Å². The number of aryl methyl sites for hydroxylation is 1. The maximum atomic E-state index is 8.71. The molecule has 0 saturated heterocycles. The Morgan fingerprint density at radius 3 is 3.00 bits per heavy atom. The van der Waals surface area contributed by atoms with Crippen LogP contribution in [0.3, 0.4) is 0 Å². The number of nitriles is 1. The minimum atomic E-state index is 0.368. The van der Waals surface area contributed by atoms with Gasteiger partial charge in [0.25, 0.3) is 0 Å². The quantitative estimate of drug-likeness (QED) is 0.733. The minimum Gasteiger partial charge on any atom is -0.475 e. The van der Waals surface area contributed by atoms with Gasteiger partial charge in [-0.1, -0.05) is 0 Å². The zero-order valence-corrected chi connectivity index (χ0v) is 7.45. The first-order valence-electron chi connectivity index (χ1n) is 3.98. The van der Waals surface area contributed by atoms with E-state index >= 15 is 0 Å². The summed E-state index contributed by atoms with van der Waals surface area (Å²) in [7, 11) is 0. The van der Waals surface area contributed by atoms with Gasteiger partial charge in [0, 0.05) is 12.2 Å². The number of hydrogen-bond donors (Lipinski definition) is 1. The number of aromatic nitrogens is 1. The van der Waals surface area contributed by atoms with Crippen molar-refractivity contribution in [2.24, 2.45) is 5.73 Å². The lowest BCUT2D eigenvalue weighted by Crippen LogP contribution is -2.12. The summed E-state index contributed by atoms with van der Waals surface area (Å²) in [5, 5.41) is 8.71. The molecule has 0 bridgehead atoms. The van der Waals surface area contributed by atoms with E-state index in [0.29, 0.717) is 24.6 Å². The molecule has 1 aromatic heterocycles. The third kappa shape index (κ3) is 2.42. The van der Waals surface area contributed by atoms with Crippen LogP contribution in [0.25, 0.3) is 0 Å². The summed E-state index contributed by atoms with van der Waals surface area (Å²) in [6, 6.07) is 5.46. The number of nitrogens with zero attached hydrogens (tertiary/aromatic N) is 2. The minimum absolute atomic E-state index is 0.368. The third-order valence-corrected chi connectivity index (χ3v) is 1.48. The molecule has 0 unspecified atom stereocenters. The number of nitrogens with two attached hydrogens (primary N) is 1. The molecule has 13 heavy (non-hydrogen) atoms. The molecule has 0 fully saturated rings. The first kappa shape index (κ1) is 9.49. The second-order valence-corrected chi connectivity index (χ2v) is 2.55. The summed E-state index contributed by atoms with van der Waals surface area (Å²) in [6.45, 7) is 2.64. The molecule has 4 heteroatoms.